The number of allylic oxidation sites excluding steroid dienone is 1. The average Bonchev–Trinajstić information content (AvgIpc) is 2.57. The van der Waals surface area contributed by atoms with E-state index in [1.807, 2.05) is 42.3 Å². The van der Waals surface area contributed by atoms with Crippen molar-refractivity contribution in [3.8, 4) is 0 Å². The van der Waals surface area contributed by atoms with Gasteiger partial charge in [0, 0.05) is 41.6 Å². The summed E-state index contributed by atoms with van der Waals surface area (Å²) in [6.45, 7) is 2.17. The Kier molecular flexibility index (Phi) is 3.63. The number of rotatable bonds is 3. The third-order valence-electron chi connectivity index (χ3n) is 4.08. The number of likely N-dealkylation sites (N-methyl/N-ethyl adjacent to an activating group) is 1. The summed E-state index contributed by atoms with van der Waals surface area (Å²) in [6, 6.07) is 16.9. The average molecular weight is 291 g/mol. The Morgan fingerprint density at radius 3 is 2.00 bits per heavy atom. The quantitative estimate of drug-likeness (QED) is 0.868. The molecule has 0 radical (unpaired) electrons. The fourth-order valence-electron chi connectivity index (χ4n) is 2.75. The van der Waals surface area contributed by atoms with E-state index < -0.39 is 0 Å². The van der Waals surface area contributed by atoms with Crippen LogP contribution in [0.15, 0.2) is 65.7 Å². The number of carbonyl (C=O) groups excluding carboxylic acids is 2. The summed E-state index contributed by atoms with van der Waals surface area (Å²) in [4.78, 5) is 27.1. The maximum atomic E-state index is 12.7. The van der Waals surface area contributed by atoms with Crippen molar-refractivity contribution in [1.29, 1.82) is 0 Å². The molecule has 110 valence electrons. The van der Waals surface area contributed by atoms with Gasteiger partial charge < -0.3 is 4.90 Å². The van der Waals surface area contributed by atoms with Crippen LogP contribution in [0.1, 0.15) is 27.6 Å². The number of Topliss-reactive ketones (excluding diaryl/α,β-unsaturated/α-hetero) is 2. The number of benzene rings is 2. The number of carbonyl (C=O) groups is 2. The van der Waals surface area contributed by atoms with E-state index in [2.05, 4.69) is 0 Å². The molecule has 1 aliphatic rings. The van der Waals surface area contributed by atoms with E-state index in [4.69, 9.17) is 0 Å². The summed E-state index contributed by atoms with van der Waals surface area (Å²) in [6.07, 6.45) is 0. The van der Waals surface area contributed by atoms with E-state index in [-0.39, 0.29) is 11.6 Å². The molecule has 3 nitrogen and oxygen atoms in total. The Balaban J connectivity index is 1.96. The Morgan fingerprint density at radius 1 is 0.818 bits per heavy atom. The molecule has 0 saturated heterocycles. The first-order valence-corrected chi connectivity index (χ1v) is 7.24. The van der Waals surface area contributed by atoms with Crippen molar-refractivity contribution in [3.05, 3.63) is 76.9 Å². The van der Waals surface area contributed by atoms with Gasteiger partial charge in [0.05, 0.1) is 0 Å². The highest BCUT2D eigenvalue weighted by atomic mass is 16.1. The minimum absolute atomic E-state index is 0.0459. The van der Waals surface area contributed by atoms with Gasteiger partial charge in [-0.15, -0.1) is 0 Å². The summed E-state index contributed by atoms with van der Waals surface area (Å²) in [5.74, 6) is -0.0952. The monoisotopic (exact) mass is 291 g/mol. The Morgan fingerprint density at radius 2 is 1.36 bits per heavy atom. The summed E-state index contributed by atoms with van der Waals surface area (Å²) < 4.78 is 0. The first kappa shape index (κ1) is 14.3. The number of hydrogen-bond donors (Lipinski definition) is 0. The molecule has 0 spiro atoms. The van der Waals surface area contributed by atoms with E-state index in [9.17, 15) is 9.59 Å². The third kappa shape index (κ3) is 2.35. The molecule has 1 aliphatic carbocycles. The highest BCUT2D eigenvalue weighted by Gasteiger charge is 2.29. The van der Waals surface area contributed by atoms with Crippen LogP contribution in [0.4, 0.5) is 5.69 Å². The molecule has 0 bridgehead atoms. The molecule has 0 atom stereocenters. The standard InChI is InChI=1S/C19H17NO2/c1-13-17(12-20(2)14-8-4-3-5-9-14)19(22)16-11-7-6-10-15(16)18(13)21/h3-11H,12H2,1-2H3. The summed E-state index contributed by atoms with van der Waals surface area (Å²) in [7, 11) is 1.92. The van der Waals surface area contributed by atoms with Crippen LogP contribution in [-0.4, -0.2) is 25.2 Å². The largest absolute Gasteiger partial charge is 0.370 e. The molecule has 3 rings (SSSR count). The summed E-state index contributed by atoms with van der Waals surface area (Å²) >= 11 is 0. The normalized spacial score (nSPS) is 14.1. The van der Waals surface area contributed by atoms with Gasteiger partial charge in [-0.05, 0) is 19.1 Å². The predicted octanol–water partition coefficient (Wildman–Crippen LogP) is 3.52. The molecule has 2 aromatic rings. The van der Waals surface area contributed by atoms with Crippen molar-refractivity contribution in [1.82, 2.24) is 0 Å². The lowest BCUT2D eigenvalue weighted by Crippen LogP contribution is -2.29. The van der Waals surface area contributed by atoms with Crippen LogP contribution in [0.25, 0.3) is 0 Å². The molecule has 0 aliphatic heterocycles. The molecule has 0 N–H and O–H groups in total. The molecule has 2 aromatic carbocycles. The maximum absolute atomic E-state index is 12.7. The molecule has 22 heavy (non-hydrogen) atoms. The topological polar surface area (TPSA) is 37.4 Å². The van der Waals surface area contributed by atoms with E-state index >= 15 is 0 Å². The maximum Gasteiger partial charge on any atom is 0.191 e. The molecule has 0 heterocycles. The van der Waals surface area contributed by atoms with Crippen molar-refractivity contribution in [2.75, 3.05) is 18.5 Å². The zero-order chi connectivity index (χ0) is 15.7. The Bertz CT molecular complexity index is 775. The fourth-order valence-corrected chi connectivity index (χ4v) is 2.75. The zero-order valence-electron chi connectivity index (χ0n) is 12.7. The lowest BCUT2D eigenvalue weighted by molar-refractivity contribution is 0.0973. The van der Waals surface area contributed by atoms with E-state index in [0.29, 0.717) is 28.8 Å². The molecular weight excluding hydrogens is 274 g/mol. The van der Waals surface area contributed by atoms with Gasteiger partial charge in [-0.25, -0.2) is 0 Å². The molecule has 0 saturated carbocycles. The lowest BCUT2D eigenvalue weighted by atomic mass is 9.84. The molecule has 0 unspecified atom stereocenters. The minimum Gasteiger partial charge on any atom is -0.370 e. The predicted molar refractivity (Wildman–Crippen MR) is 87.5 cm³/mol. The Hall–Kier alpha value is -2.68. The smallest absolute Gasteiger partial charge is 0.191 e. The van der Waals surface area contributed by atoms with Crippen molar-refractivity contribution < 1.29 is 9.59 Å². The van der Waals surface area contributed by atoms with E-state index in [0.717, 1.165) is 5.69 Å². The molecule has 0 amide bonds. The van der Waals surface area contributed by atoms with Crippen molar-refractivity contribution in [2.45, 2.75) is 6.92 Å². The van der Waals surface area contributed by atoms with Crippen LogP contribution in [0, 0.1) is 0 Å². The van der Waals surface area contributed by atoms with Crippen molar-refractivity contribution >= 4 is 17.3 Å². The second kappa shape index (κ2) is 5.60. The first-order chi connectivity index (χ1) is 10.6. The minimum atomic E-state index is -0.0494. The second-order valence-corrected chi connectivity index (χ2v) is 5.50. The van der Waals surface area contributed by atoms with Gasteiger partial charge in [0.15, 0.2) is 11.6 Å². The lowest BCUT2D eigenvalue weighted by Gasteiger charge is -2.25. The van der Waals surface area contributed by atoms with Gasteiger partial charge in [0.1, 0.15) is 0 Å². The number of ketones is 2. The number of fused-ring (bicyclic) bond motifs is 1. The highest BCUT2D eigenvalue weighted by molar-refractivity contribution is 6.27. The van der Waals surface area contributed by atoms with Gasteiger partial charge in [-0.1, -0.05) is 42.5 Å². The van der Waals surface area contributed by atoms with Gasteiger partial charge in [-0.2, -0.15) is 0 Å². The molecule has 0 aromatic heterocycles. The first-order valence-electron chi connectivity index (χ1n) is 7.24. The van der Waals surface area contributed by atoms with E-state index in [1.54, 1.807) is 31.2 Å². The number of para-hydroxylation sites is 1. The number of hydrogen-bond acceptors (Lipinski definition) is 3. The fraction of sp³-hybridized carbons (Fsp3) is 0.158. The van der Waals surface area contributed by atoms with Crippen LogP contribution < -0.4 is 4.90 Å². The molecule has 0 fully saturated rings. The van der Waals surface area contributed by atoms with Gasteiger partial charge in [-0.3, -0.25) is 9.59 Å². The van der Waals surface area contributed by atoms with Gasteiger partial charge in [0.2, 0.25) is 0 Å². The van der Waals surface area contributed by atoms with Crippen LogP contribution in [0.3, 0.4) is 0 Å². The number of anilines is 1. The van der Waals surface area contributed by atoms with Crippen molar-refractivity contribution in [2.24, 2.45) is 0 Å². The van der Waals surface area contributed by atoms with E-state index in [1.165, 1.54) is 0 Å². The van der Waals surface area contributed by atoms with Crippen LogP contribution >= 0.6 is 0 Å². The van der Waals surface area contributed by atoms with Crippen LogP contribution in [-0.2, 0) is 0 Å². The van der Waals surface area contributed by atoms with Gasteiger partial charge in [0.25, 0.3) is 0 Å². The molecular formula is C19H17NO2. The third-order valence-corrected chi connectivity index (χ3v) is 4.08. The second-order valence-electron chi connectivity index (χ2n) is 5.50. The van der Waals surface area contributed by atoms with Gasteiger partial charge >= 0.3 is 0 Å². The molecule has 3 heteroatoms. The van der Waals surface area contributed by atoms with Crippen LogP contribution in [0.5, 0.6) is 0 Å². The van der Waals surface area contributed by atoms with Crippen LogP contribution in [0.2, 0.25) is 0 Å². The SMILES string of the molecule is CC1=C(CN(C)c2ccccc2)C(=O)c2ccccc2C1=O. The highest BCUT2D eigenvalue weighted by Crippen LogP contribution is 2.27. The zero-order valence-corrected chi connectivity index (χ0v) is 12.7. The van der Waals surface area contributed by atoms with Crippen molar-refractivity contribution in [3.63, 3.8) is 0 Å². The summed E-state index contributed by atoms with van der Waals surface area (Å²) in [5.41, 5.74) is 3.16. The number of nitrogens with zero attached hydrogens (tertiary/aromatic N) is 1. The summed E-state index contributed by atoms with van der Waals surface area (Å²) in [5, 5.41) is 0. The Labute approximate surface area is 129 Å².